The fourth-order valence-corrected chi connectivity index (χ4v) is 5.35. The number of benzene rings is 3. The third-order valence-corrected chi connectivity index (χ3v) is 7.96. The molecular weight excluding hydrogens is 570 g/mol. The molecule has 2 aliphatic rings. The first kappa shape index (κ1) is 29.1. The average Bonchev–Trinajstić information content (AvgIpc) is 3.24. The molecule has 2 fully saturated rings. The molecule has 5 rings (SSSR count). The van der Waals surface area contributed by atoms with Crippen molar-refractivity contribution in [1.82, 2.24) is 9.80 Å². The fourth-order valence-electron chi connectivity index (χ4n) is 5.04. The Morgan fingerprint density at radius 2 is 1.66 bits per heavy atom. The van der Waals surface area contributed by atoms with Gasteiger partial charge in [0.2, 0.25) is 0 Å². The van der Waals surface area contributed by atoms with Crippen molar-refractivity contribution in [3.8, 4) is 5.75 Å². The minimum absolute atomic E-state index is 0.0141. The number of ketones is 1. The van der Waals surface area contributed by atoms with Crippen LogP contribution in [-0.2, 0) is 20.9 Å². The first-order valence-corrected chi connectivity index (χ1v) is 14.1. The summed E-state index contributed by atoms with van der Waals surface area (Å²) in [5, 5.41) is 12.0. The normalized spacial score (nSPS) is 19.1. The van der Waals surface area contributed by atoms with Crippen LogP contribution in [0.5, 0.6) is 5.75 Å². The van der Waals surface area contributed by atoms with E-state index in [0.29, 0.717) is 48.1 Å². The number of carbonyl (C=O) groups is 2. The van der Waals surface area contributed by atoms with Gasteiger partial charge >= 0.3 is 0 Å². The zero-order chi connectivity index (χ0) is 28.9. The van der Waals surface area contributed by atoms with Crippen molar-refractivity contribution >= 4 is 40.7 Å². The SMILES string of the molecule is O=C1C(=O)N(CCCN2CCOCC2)C(c2ccc(Cl)c(Cl)c2)/C1=C(/O)c1ccc(OCc2ccc(F)cc2)cc1. The van der Waals surface area contributed by atoms with E-state index < -0.39 is 17.7 Å². The van der Waals surface area contributed by atoms with E-state index in [0.717, 1.165) is 25.2 Å². The molecule has 214 valence electrons. The van der Waals surface area contributed by atoms with Crippen LogP contribution in [0, 0.1) is 5.82 Å². The van der Waals surface area contributed by atoms with Crippen LogP contribution >= 0.6 is 23.2 Å². The van der Waals surface area contributed by atoms with Crippen LogP contribution in [0.25, 0.3) is 5.76 Å². The number of carbonyl (C=O) groups excluding carboxylic acids is 2. The number of rotatable bonds is 9. The summed E-state index contributed by atoms with van der Waals surface area (Å²) >= 11 is 12.5. The Morgan fingerprint density at radius 1 is 0.951 bits per heavy atom. The summed E-state index contributed by atoms with van der Waals surface area (Å²) < 4.78 is 24.3. The highest BCUT2D eigenvalue weighted by molar-refractivity contribution is 6.46. The number of likely N-dealkylation sites (tertiary alicyclic amines) is 1. The maximum atomic E-state index is 13.3. The summed E-state index contributed by atoms with van der Waals surface area (Å²) in [4.78, 5) is 30.3. The van der Waals surface area contributed by atoms with Crippen LogP contribution < -0.4 is 4.74 Å². The third kappa shape index (κ3) is 6.73. The van der Waals surface area contributed by atoms with Gasteiger partial charge in [-0.05, 0) is 66.1 Å². The van der Waals surface area contributed by atoms with Crippen molar-refractivity contribution in [2.45, 2.75) is 19.1 Å². The number of nitrogens with zero attached hydrogens (tertiary/aromatic N) is 2. The predicted molar refractivity (Wildman–Crippen MR) is 155 cm³/mol. The van der Waals surface area contributed by atoms with Gasteiger partial charge in [-0.15, -0.1) is 0 Å². The van der Waals surface area contributed by atoms with Crippen molar-refractivity contribution in [3.05, 3.63) is 105 Å². The molecular formula is C31H29Cl2FN2O5. The van der Waals surface area contributed by atoms with Gasteiger partial charge in [-0.1, -0.05) is 41.4 Å². The van der Waals surface area contributed by atoms with E-state index in [1.54, 1.807) is 54.6 Å². The summed E-state index contributed by atoms with van der Waals surface area (Å²) in [6.07, 6.45) is 0.644. The molecule has 1 atom stereocenters. The van der Waals surface area contributed by atoms with Crippen molar-refractivity contribution in [1.29, 1.82) is 0 Å². The average molecular weight is 599 g/mol. The highest BCUT2D eigenvalue weighted by Crippen LogP contribution is 2.41. The molecule has 0 saturated carbocycles. The number of ether oxygens (including phenoxy) is 2. The molecule has 10 heteroatoms. The van der Waals surface area contributed by atoms with Gasteiger partial charge in [0.1, 0.15) is 23.9 Å². The van der Waals surface area contributed by atoms with Gasteiger partial charge in [-0.25, -0.2) is 4.39 Å². The standard InChI is InChI=1S/C31H29Cl2FN2O5/c32-25-11-6-22(18-26(25)33)28-27(30(38)31(39)36(28)13-1-12-35-14-16-40-17-15-35)29(37)21-4-9-24(10-5-21)41-19-20-2-7-23(34)8-3-20/h2-11,18,28,37H,1,12-17,19H2/b29-27-. The zero-order valence-electron chi connectivity index (χ0n) is 22.2. The van der Waals surface area contributed by atoms with E-state index in [1.165, 1.54) is 17.0 Å². The molecule has 1 N–H and O–H groups in total. The Kier molecular flexibility index (Phi) is 9.25. The number of Topliss-reactive ketones (excluding diaryl/α,β-unsaturated/α-hetero) is 1. The maximum absolute atomic E-state index is 13.3. The smallest absolute Gasteiger partial charge is 0.295 e. The summed E-state index contributed by atoms with van der Waals surface area (Å²) in [6, 6.07) is 16.7. The van der Waals surface area contributed by atoms with E-state index in [9.17, 15) is 19.1 Å². The van der Waals surface area contributed by atoms with Gasteiger partial charge in [-0.3, -0.25) is 14.5 Å². The Labute approximate surface area is 247 Å². The van der Waals surface area contributed by atoms with E-state index >= 15 is 0 Å². The van der Waals surface area contributed by atoms with Crippen LogP contribution in [-0.4, -0.2) is 66.0 Å². The monoisotopic (exact) mass is 598 g/mol. The number of halogens is 3. The summed E-state index contributed by atoms with van der Waals surface area (Å²) in [5.41, 5.74) is 1.72. The van der Waals surface area contributed by atoms with E-state index in [-0.39, 0.29) is 28.8 Å². The molecule has 3 aromatic carbocycles. The molecule has 2 saturated heterocycles. The molecule has 0 spiro atoms. The number of aliphatic hydroxyl groups is 1. The van der Waals surface area contributed by atoms with Crippen LogP contribution in [0.15, 0.2) is 72.3 Å². The lowest BCUT2D eigenvalue weighted by Crippen LogP contribution is -2.38. The second-order valence-electron chi connectivity index (χ2n) is 9.91. The maximum Gasteiger partial charge on any atom is 0.295 e. The van der Waals surface area contributed by atoms with Crippen molar-refractivity contribution in [2.24, 2.45) is 0 Å². The molecule has 0 aliphatic carbocycles. The van der Waals surface area contributed by atoms with Gasteiger partial charge in [0.15, 0.2) is 0 Å². The Balaban J connectivity index is 1.39. The first-order valence-electron chi connectivity index (χ1n) is 13.3. The van der Waals surface area contributed by atoms with Crippen LogP contribution in [0.4, 0.5) is 4.39 Å². The molecule has 0 radical (unpaired) electrons. The molecule has 0 aromatic heterocycles. The fraction of sp³-hybridized carbons (Fsp3) is 0.290. The largest absolute Gasteiger partial charge is 0.507 e. The second-order valence-corrected chi connectivity index (χ2v) is 10.7. The molecule has 7 nitrogen and oxygen atoms in total. The summed E-state index contributed by atoms with van der Waals surface area (Å²) in [5.74, 6) is -1.53. The number of hydrogen-bond acceptors (Lipinski definition) is 6. The number of hydrogen-bond donors (Lipinski definition) is 1. The molecule has 1 unspecified atom stereocenters. The number of amides is 1. The Hall–Kier alpha value is -3.43. The molecule has 0 bridgehead atoms. The zero-order valence-corrected chi connectivity index (χ0v) is 23.7. The topological polar surface area (TPSA) is 79.3 Å². The Bertz CT molecular complexity index is 1440. The third-order valence-electron chi connectivity index (χ3n) is 7.22. The summed E-state index contributed by atoms with van der Waals surface area (Å²) in [6.45, 7) is 4.28. The van der Waals surface area contributed by atoms with Crippen LogP contribution in [0.2, 0.25) is 10.0 Å². The van der Waals surface area contributed by atoms with Gasteiger partial charge in [0.05, 0.1) is 34.9 Å². The Morgan fingerprint density at radius 3 is 2.34 bits per heavy atom. The lowest BCUT2D eigenvalue weighted by Gasteiger charge is -2.29. The molecule has 3 aromatic rings. The molecule has 2 heterocycles. The first-order chi connectivity index (χ1) is 19.8. The highest BCUT2D eigenvalue weighted by Gasteiger charge is 2.46. The minimum atomic E-state index is -0.830. The van der Waals surface area contributed by atoms with Crippen molar-refractivity contribution in [2.75, 3.05) is 39.4 Å². The number of aliphatic hydroxyl groups excluding tert-OH is 1. The van der Waals surface area contributed by atoms with Gasteiger partial charge in [0, 0.05) is 31.7 Å². The van der Waals surface area contributed by atoms with Gasteiger partial charge < -0.3 is 19.5 Å². The predicted octanol–water partition coefficient (Wildman–Crippen LogP) is 5.86. The van der Waals surface area contributed by atoms with Crippen molar-refractivity contribution in [3.63, 3.8) is 0 Å². The van der Waals surface area contributed by atoms with Crippen LogP contribution in [0.3, 0.4) is 0 Å². The molecule has 2 aliphatic heterocycles. The van der Waals surface area contributed by atoms with E-state index in [1.807, 2.05) is 0 Å². The highest BCUT2D eigenvalue weighted by atomic mass is 35.5. The molecule has 41 heavy (non-hydrogen) atoms. The lowest BCUT2D eigenvalue weighted by atomic mass is 9.95. The van der Waals surface area contributed by atoms with Gasteiger partial charge in [0.25, 0.3) is 11.7 Å². The van der Waals surface area contributed by atoms with Gasteiger partial charge in [-0.2, -0.15) is 0 Å². The van der Waals surface area contributed by atoms with Crippen LogP contribution in [0.1, 0.15) is 29.2 Å². The lowest BCUT2D eigenvalue weighted by molar-refractivity contribution is -0.140. The minimum Gasteiger partial charge on any atom is -0.507 e. The van der Waals surface area contributed by atoms with Crippen molar-refractivity contribution < 1.29 is 28.6 Å². The summed E-state index contributed by atoms with van der Waals surface area (Å²) in [7, 11) is 0. The molecule has 1 amide bonds. The van der Waals surface area contributed by atoms with E-state index in [2.05, 4.69) is 4.90 Å². The number of morpholine rings is 1. The second kappa shape index (κ2) is 13.0. The van der Waals surface area contributed by atoms with E-state index in [4.69, 9.17) is 32.7 Å². The quantitative estimate of drug-likeness (QED) is 0.189.